The molecule has 3 heterocycles. The molecule has 30 heavy (non-hydrogen) atoms. The molecule has 0 radical (unpaired) electrons. The fourth-order valence-corrected chi connectivity index (χ4v) is 3.29. The smallest absolute Gasteiger partial charge is 0.353 e. The van der Waals surface area contributed by atoms with Crippen LogP contribution in [0.1, 0.15) is 11.1 Å². The lowest BCUT2D eigenvalue weighted by Gasteiger charge is -2.36. The van der Waals surface area contributed by atoms with Crippen LogP contribution in [0, 0.1) is 6.92 Å². The van der Waals surface area contributed by atoms with Crippen LogP contribution in [-0.4, -0.2) is 41.1 Å². The summed E-state index contributed by atoms with van der Waals surface area (Å²) < 4.78 is 38.1. The SMILES string of the molecule is Cc1ccc(N2CCN(c3cc(Nc4ccc(C(F)(F)F)cc4)ncn3)CC2)nc1. The van der Waals surface area contributed by atoms with E-state index < -0.39 is 11.7 Å². The number of alkyl halides is 3. The molecular weight excluding hydrogens is 393 g/mol. The molecule has 1 fully saturated rings. The van der Waals surface area contributed by atoms with Gasteiger partial charge in [0.2, 0.25) is 0 Å². The maximum atomic E-state index is 12.7. The van der Waals surface area contributed by atoms with Crippen LogP contribution in [-0.2, 0) is 6.18 Å². The van der Waals surface area contributed by atoms with Crippen molar-refractivity contribution in [3.8, 4) is 0 Å². The Balaban J connectivity index is 1.39. The third-order valence-electron chi connectivity index (χ3n) is 4.96. The summed E-state index contributed by atoms with van der Waals surface area (Å²) in [4.78, 5) is 17.4. The van der Waals surface area contributed by atoms with Gasteiger partial charge in [0.15, 0.2) is 0 Å². The number of pyridine rings is 1. The summed E-state index contributed by atoms with van der Waals surface area (Å²) in [6.45, 7) is 5.22. The van der Waals surface area contributed by atoms with E-state index in [0.717, 1.165) is 55.5 Å². The second-order valence-electron chi connectivity index (χ2n) is 7.13. The fourth-order valence-electron chi connectivity index (χ4n) is 3.29. The van der Waals surface area contributed by atoms with Crippen LogP contribution in [0.4, 0.5) is 36.3 Å². The Morgan fingerprint density at radius 3 is 2.10 bits per heavy atom. The first-order chi connectivity index (χ1) is 14.4. The molecule has 1 aliphatic heterocycles. The monoisotopic (exact) mass is 414 g/mol. The first kappa shape index (κ1) is 19.9. The van der Waals surface area contributed by atoms with Crippen molar-refractivity contribution in [1.29, 1.82) is 0 Å². The number of benzene rings is 1. The van der Waals surface area contributed by atoms with E-state index in [0.29, 0.717) is 11.5 Å². The highest BCUT2D eigenvalue weighted by molar-refractivity contribution is 5.60. The van der Waals surface area contributed by atoms with Gasteiger partial charge in [-0.3, -0.25) is 0 Å². The molecule has 2 aromatic heterocycles. The Hall–Kier alpha value is -3.36. The summed E-state index contributed by atoms with van der Waals surface area (Å²) >= 11 is 0. The lowest BCUT2D eigenvalue weighted by Crippen LogP contribution is -2.47. The Morgan fingerprint density at radius 1 is 0.833 bits per heavy atom. The second-order valence-corrected chi connectivity index (χ2v) is 7.13. The molecule has 0 aliphatic carbocycles. The highest BCUT2D eigenvalue weighted by atomic mass is 19.4. The normalized spacial score (nSPS) is 14.7. The molecule has 9 heteroatoms. The van der Waals surface area contributed by atoms with Gasteiger partial charge >= 0.3 is 6.18 Å². The molecular formula is C21H21F3N6. The second kappa shape index (κ2) is 8.17. The van der Waals surface area contributed by atoms with Crippen molar-refractivity contribution in [3.63, 3.8) is 0 Å². The van der Waals surface area contributed by atoms with Crippen LogP contribution in [0.15, 0.2) is 55.0 Å². The van der Waals surface area contributed by atoms with Crippen LogP contribution in [0.2, 0.25) is 0 Å². The largest absolute Gasteiger partial charge is 0.416 e. The molecule has 0 atom stereocenters. The number of aryl methyl sites for hydroxylation is 1. The van der Waals surface area contributed by atoms with Gasteiger partial charge in [-0.25, -0.2) is 15.0 Å². The van der Waals surface area contributed by atoms with E-state index in [4.69, 9.17) is 0 Å². The topological polar surface area (TPSA) is 57.2 Å². The molecule has 6 nitrogen and oxygen atoms in total. The van der Waals surface area contributed by atoms with Crippen LogP contribution in [0.3, 0.4) is 0 Å². The lowest BCUT2D eigenvalue weighted by molar-refractivity contribution is -0.137. The quantitative estimate of drug-likeness (QED) is 0.688. The third kappa shape index (κ3) is 4.61. The van der Waals surface area contributed by atoms with Crippen molar-refractivity contribution in [2.24, 2.45) is 0 Å². The Labute approximate surface area is 172 Å². The molecule has 156 valence electrons. The van der Waals surface area contributed by atoms with Gasteiger partial charge in [0, 0.05) is 44.1 Å². The third-order valence-corrected chi connectivity index (χ3v) is 4.96. The highest BCUT2D eigenvalue weighted by Crippen LogP contribution is 2.30. The van der Waals surface area contributed by atoms with Crippen molar-refractivity contribution in [1.82, 2.24) is 15.0 Å². The van der Waals surface area contributed by atoms with Crippen molar-refractivity contribution in [3.05, 3.63) is 66.1 Å². The standard InChI is InChI=1S/C21H21F3N6/c1-15-2-7-19(25-13-15)29-8-10-30(11-9-29)20-12-18(26-14-27-20)28-17-5-3-16(4-6-17)21(22,23)24/h2-7,12-14H,8-11H2,1H3,(H,26,27,28). The number of rotatable bonds is 4. The van der Waals surface area contributed by atoms with Crippen molar-refractivity contribution < 1.29 is 13.2 Å². The minimum atomic E-state index is -4.35. The molecule has 1 N–H and O–H groups in total. The van der Waals surface area contributed by atoms with Crippen LogP contribution >= 0.6 is 0 Å². The maximum Gasteiger partial charge on any atom is 0.416 e. The molecule has 3 aromatic rings. The molecule has 0 amide bonds. The number of nitrogens with zero attached hydrogens (tertiary/aromatic N) is 5. The van der Waals surface area contributed by atoms with Gasteiger partial charge in [0.05, 0.1) is 5.56 Å². The first-order valence-electron chi connectivity index (χ1n) is 9.57. The van der Waals surface area contributed by atoms with Crippen LogP contribution in [0.25, 0.3) is 0 Å². The Bertz CT molecular complexity index is 981. The Morgan fingerprint density at radius 2 is 1.50 bits per heavy atom. The average molecular weight is 414 g/mol. The summed E-state index contributed by atoms with van der Waals surface area (Å²) in [5.74, 6) is 2.27. The molecule has 1 aliphatic rings. The molecule has 1 saturated heterocycles. The van der Waals surface area contributed by atoms with Gasteiger partial charge in [-0.05, 0) is 42.8 Å². The van der Waals surface area contributed by atoms with Crippen LogP contribution < -0.4 is 15.1 Å². The highest BCUT2D eigenvalue weighted by Gasteiger charge is 2.30. The number of hydrogen-bond donors (Lipinski definition) is 1. The van der Waals surface area contributed by atoms with Crippen molar-refractivity contribution in [2.75, 3.05) is 41.3 Å². The van der Waals surface area contributed by atoms with Crippen molar-refractivity contribution in [2.45, 2.75) is 13.1 Å². The number of hydrogen-bond acceptors (Lipinski definition) is 6. The predicted octanol–water partition coefficient (Wildman–Crippen LogP) is 4.27. The molecule has 0 unspecified atom stereocenters. The first-order valence-corrected chi connectivity index (χ1v) is 9.57. The van der Waals surface area contributed by atoms with E-state index in [9.17, 15) is 13.2 Å². The maximum absolute atomic E-state index is 12.7. The average Bonchev–Trinajstić information content (AvgIpc) is 2.74. The molecule has 0 bridgehead atoms. The molecule has 1 aromatic carbocycles. The van der Waals surface area contributed by atoms with E-state index in [-0.39, 0.29) is 0 Å². The number of aromatic nitrogens is 3. The summed E-state index contributed by atoms with van der Waals surface area (Å²) in [6.07, 6.45) is -1.03. The number of nitrogens with one attached hydrogen (secondary N) is 1. The summed E-state index contributed by atoms with van der Waals surface area (Å²) in [5.41, 5.74) is 0.978. The number of anilines is 4. The van der Waals surface area contributed by atoms with Crippen LogP contribution in [0.5, 0.6) is 0 Å². The van der Waals surface area contributed by atoms with E-state index in [2.05, 4.69) is 36.1 Å². The zero-order chi connectivity index (χ0) is 21.1. The van der Waals surface area contributed by atoms with Gasteiger partial charge in [-0.1, -0.05) is 6.07 Å². The summed E-state index contributed by atoms with van der Waals surface area (Å²) in [5, 5.41) is 3.04. The predicted molar refractivity (Wildman–Crippen MR) is 110 cm³/mol. The van der Waals surface area contributed by atoms with E-state index >= 15 is 0 Å². The van der Waals surface area contributed by atoms with Gasteiger partial charge in [-0.2, -0.15) is 13.2 Å². The van der Waals surface area contributed by atoms with Gasteiger partial charge < -0.3 is 15.1 Å². The number of piperazine rings is 1. The summed E-state index contributed by atoms with van der Waals surface area (Å²) in [7, 11) is 0. The van der Waals surface area contributed by atoms with Crippen molar-refractivity contribution >= 4 is 23.1 Å². The van der Waals surface area contributed by atoms with Gasteiger partial charge in [0.1, 0.15) is 23.8 Å². The molecule has 4 rings (SSSR count). The summed E-state index contributed by atoms with van der Waals surface area (Å²) in [6, 6.07) is 10.7. The number of halogens is 3. The minimum absolute atomic E-state index is 0.530. The van der Waals surface area contributed by atoms with E-state index in [1.165, 1.54) is 18.5 Å². The minimum Gasteiger partial charge on any atom is -0.353 e. The Kier molecular flexibility index (Phi) is 5.43. The molecule has 0 saturated carbocycles. The lowest BCUT2D eigenvalue weighted by atomic mass is 10.2. The zero-order valence-corrected chi connectivity index (χ0v) is 16.4. The van der Waals surface area contributed by atoms with Gasteiger partial charge in [0.25, 0.3) is 0 Å². The fraction of sp³-hybridized carbons (Fsp3) is 0.286. The zero-order valence-electron chi connectivity index (χ0n) is 16.4. The van der Waals surface area contributed by atoms with Gasteiger partial charge in [-0.15, -0.1) is 0 Å². The van der Waals surface area contributed by atoms with E-state index in [1.54, 1.807) is 6.07 Å². The van der Waals surface area contributed by atoms with E-state index in [1.807, 2.05) is 19.2 Å². The molecule has 0 spiro atoms.